The van der Waals surface area contributed by atoms with Crippen molar-refractivity contribution in [1.29, 1.82) is 0 Å². The number of ether oxygens (including phenoxy) is 4. The largest absolute Gasteiger partial charge is 0.388 e. The second kappa shape index (κ2) is 11.4. The average Bonchev–Trinajstić information content (AvgIpc) is 2.76. The highest BCUT2D eigenvalue weighted by atomic mass is 16.7. The smallest absolute Gasteiger partial charge is 0.187 e. The second-order valence-corrected chi connectivity index (χ2v) is 10.3. The molecule has 0 unspecified atom stereocenters. The molecule has 35 heavy (non-hydrogen) atoms. The molecule has 1 aliphatic carbocycles. The Hall–Kier alpha value is -1.25. The molecule has 0 aromatic heterocycles. The van der Waals surface area contributed by atoms with E-state index in [1.807, 2.05) is 26.8 Å². The molecule has 0 aromatic carbocycles. The zero-order valence-corrected chi connectivity index (χ0v) is 20.4. The Morgan fingerprint density at radius 2 is 1.71 bits per heavy atom. The molecule has 0 spiro atoms. The van der Waals surface area contributed by atoms with Crippen LogP contribution in [0.3, 0.4) is 0 Å². The maximum atomic E-state index is 11.9. The summed E-state index contributed by atoms with van der Waals surface area (Å²) in [7, 11) is 0. The summed E-state index contributed by atoms with van der Waals surface area (Å²) in [5.74, 6) is 0.116. The number of allylic oxidation sites excluding steroid dienone is 3. The van der Waals surface area contributed by atoms with E-state index in [0.717, 1.165) is 5.57 Å². The summed E-state index contributed by atoms with van der Waals surface area (Å²) in [5, 5.41) is 60.3. The SMILES string of the molecule is CC1=CC(=O)CC(C)(C)[C@H]1/C=C/[C@@H](C)O[C@@H]1O[C@H](CO[C@H]2OC[C@H](O)[C@@H](O)[C@@H]2O)[C@@H](O)[C@H](O)[C@H]1O. The van der Waals surface area contributed by atoms with Crippen LogP contribution in [0.4, 0.5) is 0 Å². The zero-order chi connectivity index (χ0) is 26.1. The van der Waals surface area contributed by atoms with Crippen LogP contribution in [0.25, 0.3) is 0 Å². The maximum Gasteiger partial charge on any atom is 0.187 e. The van der Waals surface area contributed by atoms with Gasteiger partial charge in [0.15, 0.2) is 18.4 Å². The van der Waals surface area contributed by atoms with Crippen LogP contribution in [0, 0.1) is 11.3 Å². The van der Waals surface area contributed by atoms with Gasteiger partial charge in [0.1, 0.15) is 42.7 Å². The molecule has 2 saturated heterocycles. The molecule has 3 aliphatic rings. The van der Waals surface area contributed by atoms with Gasteiger partial charge < -0.3 is 49.6 Å². The van der Waals surface area contributed by atoms with Crippen molar-refractivity contribution in [2.75, 3.05) is 13.2 Å². The van der Waals surface area contributed by atoms with Crippen LogP contribution in [0.2, 0.25) is 0 Å². The lowest BCUT2D eigenvalue weighted by Crippen LogP contribution is -2.60. The van der Waals surface area contributed by atoms with Crippen molar-refractivity contribution in [3.8, 4) is 0 Å². The molecule has 6 N–H and O–H groups in total. The summed E-state index contributed by atoms with van der Waals surface area (Å²) in [4.78, 5) is 11.9. The van der Waals surface area contributed by atoms with Crippen molar-refractivity contribution in [2.45, 2.75) is 95.5 Å². The third-order valence-electron chi connectivity index (χ3n) is 6.82. The maximum absolute atomic E-state index is 11.9. The number of hydrogen-bond acceptors (Lipinski definition) is 11. The lowest BCUT2D eigenvalue weighted by Gasteiger charge is -2.42. The Labute approximate surface area is 204 Å². The molecule has 2 fully saturated rings. The Kier molecular flexibility index (Phi) is 9.25. The van der Waals surface area contributed by atoms with Crippen molar-refractivity contribution < 1.29 is 54.4 Å². The van der Waals surface area contributed by atoms with Gasteiger partial charge in [-0.15, -0.1) is 0 Å². The highest BCUT2D eigenvalue weighted by Gasteiger charge is 2.46. The third kappa shape index (κ3) is 6.55. The first-order valence-electron chi connectivity index (χ1n) is 11.8. The van der Waals surface area contributed by atoms with Crippen LogP contribution in [0.15, 0.2) is 23.8 Å². The fourth-order valence-corrected chi connectivity index (χ4v) is 4.79. The summed E-state index contributed by atoms with van der Waals surface area (Å²) in [5.41, 5.74) is 0.689. The van der Waals surface area contributed by atoms with E-state index in [1.54, 1.807) is 19.1 Å². The summed E-state index contributed by atoms with van der Waals surface area (Å²) in [6.45, 7) is 7.06. The van der Waals surface area contributed by atoms with E-state index in [1.165, 1.54) is 0 Å². The van der Waals surface area contributed by atoms with Gasteiger partial charge in [0.2, 0.25) is 0 Å². The number of carbonyl (C=O) groups is 1. The lowest BCUT2D eigenvalue weighted by atomic mass is 9.68. The predicted molar refractivity (Wildman–Crippen MR) is 121 cm³/mol. The monoisotopic (exact) mass is 502 g/mol. The molecule has 0 aromatic rings. The standard InChI is InChI=1S/C24H38O11/c1-11-7-13(25)8-24(3,4)14(11)6-5-12(2)34-23-21(31)19(29)18(28)16(35-23)10-33-22-20(30)17(27)15(26)9-32-22/h5-7,12,14-23,26-31H,8-10H2,1-4H3/b6-5+/t12-,14+,15+,16-,17-,18-,19+,20+,21-,22-,23-/m1/s1. The van der Waals surface area contributed by atoms with Crippen LogP contribution >= 0.6 is 0 Å². The number of ketones is 1. The summed E-state index contributed by atoms with van der Waals surface area (Å²) < 4.78 is 22.0. The minimum Gasteiger partial charge on any atom is -0.388 e. The van der Waals surface area contributed by atoms with Crippen molar-refractivity contribution in [1.82, 2.24) is 0 Å². The Morgan fingerprint density at radius 1 is 1.06 bits per heavy atom. The van der Waals surface area contributed by atoms with Gasteiger partial charge in [0, 0.05) is 12.3 Å². The number of aliphatic hydroxyl groups is 6. The first kappa shape index (κ1) is 28.3. The van der Waals surface area contributed by atoms with Crippen molar-refractivity contribution in [3.05, 3.63) is 23.8 Å². The molecule has 0 saturated carbocycles. The van der Waals surface area contributed by atoms with E-state index in [-0.39, 0.29) is 30.3 Å². The minimum atomic E-state index is -1.59. The number of hydrogen-bond donors (Lipinski definition) is 6. The van der Waals surface area contributed by atoms with Gasteiger partial charge in [0.25, 0.3) is 0 Å². The number of carbonyl (C=O) groups excluding carboxylic acids is 1. The molecule has 2 aliphatic heterocycles. The fraction of sp³-hybridized carbons (Fsp3) is 0.792. The summed E-state index contributed by atoms with van der Waals surface area (Å²) in [6, 6.07) is 0. The molecule has 11 atom stereocenters. The van der Waals surface area contributed by atoms with Crippen molar-refractivity contribution in [3.63, 3.8) is 0 Å². The molecule has 0 amide bonds. The quantitative estimate of drug-likeness (QED) is 0.230. The Balaban J connectivity index is 1.60. The summed E-state index contributed by atoms with van der Waals surface area (Å²) in [6.07, 6.45) is -7.31. The van der Waals surface area contributed by atoms with Gasteiger partial charge in [-0.1, -0.05) is 31.6 Å². The third-order valence-corrected chi connectivity index (χ3v) is 6.82. The topological polar surface area (TPSA) is 175 Å². The molecule has 200 valence electrons. The molecular formula is C24H38O11. The molecule has 0 bridgehead atoms. The fourth-order valence-electron chi connectivity index (χ4n) is 4.79. The van der Waals surface area contributed by atoms with Gasteiger partial charge >= 0.3 is 0 Å². The van der Waals surface area contributed by atoms with Crippen LogP contribution in [-0.2, 0) is 23.7 Å². The van der Waals surface area contributed by atoms with E-state index < -0.39 is 61.4 Å². The minimum absolute atomic E-state index is 0.0211. The first-order chi connectivity index (χ1) is 16.3. The van der Waals surface area contributed by atoms with Crippen LogP contribution in [0.1, 0.15) is 34.1 Å². The molecule has 3 rings (SSSR count). The van der Waals surface area contributed by atoms with Gasteiger partial charge in [-0.05, 0) is 25.3 Å². The van der Waals surface area contributed by atoms with E-state index in [2.05, 4.69) is 0 Å². The zero-order valence-electron chi connectivity index (χ0n) is 20.4. The van der Waals surface area contributed by atoms with Crippen LogP contribution in [0.5, 0.6) is 0 Å². The van der Waals surface area contributed by atoms with Gasteiger partial charge in [-0.2, -0.15) is 0 Å². The Bertz CT molecular complexity index is 796. The molecule has 2 heterocycles. The van der Waals surface area contributed by atoms with Crippen LogP contribution < -0.4 is 0 Å². The Morgan fingerprint density at radius 3 is 2.37 bits per heavy atom. The predicted octanol–water partition coefficient (Wildman–Crippen LogP) is -1.23. The van der Waals surface area contributed by atoms with E-state index in [4.69, 9.17) is 18.9 Å². The van der Waals surface area contributed by atoms with Gasteiger partial charge in [-0.3, -0.25) is 4.79 Å². The number of rotatable bonds is 7. The highest BCUT2D eigenvalue weighted by Crippen LogP contribution is 2.40. The molecule has 0 radical (unpaired) electrons. The van der Waals surface area contributed by atoms with E-state index in [9.17, 15) is 35.4 Å². The highest BCUT2D eigenvalue weighted by molar-refractivity contribution is 5.92. The number of aliphatic hydroxyl groups excluding tert-OH is 6. The van der Waals surface area contributed by atoms with E-state index in [0.29, 0.717) is 6.42 Å². The van der Waals surface area contributed by atoms with Gasteiger partial charge in [0.05, 0.1) is 19.3 Å². The normalized spacial score (nSPS) is 43.3. The second-order valence-electron chi connectivity index (χ2n) is 10.3. The first-order valence-corrected chi connectivity index (χ1v) is 11.8. The lowest BCUT2D eigenvalue weighted by molar-refractivity contribution is -0.324. The summed E-state index contributed by atoms with van der Waals surface area (Å²) >= 11 is 0. The van der Waals surface area contributed by atoms with Crippen molar-refractivity contribution in [2.24, 2.45) is 11.3 Å². The molecule has 11 nitrogen and oxygen atoms in total. The van der Waals surface area contributed by atoms with Crippen molar-refractivity contribution >= 4 is 5.78 Å². The molecular weight excluding hydrogens is 464 g/mol. The van der Waals surface area contributed by atoms with Gasteiger partial charge in [-0.25, -0.2) is 0 Å². The van der Waals surface area contributed by atoms with E-state index >= 15 is 0 Å². The van der Waals surface area contributed by atoms with Crippen LogP contribution in [-0.4, -0.2) is 111 Å². The molecule has 11 heteroatoms. The average molecular weight is 503 g/mol.